The van der Waals surface area contributed by atoms with Crippen LogP contribution in [0.3, 0.4) is 0 Å². The molecule has 0 fully saturated rings. The monoisotopic (exact) mass is 492 g/mol. The van der Waals surface area contributed by atoms with E-state index >= 15 is 0 Å². The molecule has 0 bridgehead atoms. The van der Waals surface area contributed by atoms with Crippen LogP contribution in [-0.4, -0.2) is 52.8 Å². The van der Waals surface area contributed by atoms with E-state index in [1.807, 2.05) is 25.1 Å². The summed E-state index contributed by atoms with van der Waals surface area (Å²) in [5.41, 5.74) is 2.07. The van der Waals surface area contributed by atoms with Crippen molar-refractivity contribution in [2.75, 3.05) is 23.8 Å². The maximum absolute atomic E-state index is 12.8. The maximum atomic E-state index is 12.8. The van der Waals surface area contributed by atoms with Gasteiger partial charge in [-0.15, -0.1) is 0 Å². The first-order valence-corrected chi connectivity index (χ1v) is 12.6. The molecule has 0 saturated heterocycles. The molecular formula is C21H28N6O4S2. The third kappa shape index (κ3) is 6.15. The lowest BCUT2D eigenvalue weighted by Crippen LogP contribution is -2.21. The molecule has 0 amide bonds. The summed E-state index contributed by atoms with van der Waals surface area (Å²) in [4.78, 5) is 13.0. The summed E-state index contributed by atoms with van der Waals surface area (Å²) in [5, 5.41) is 12.7. The third-order valence-corrected chi connectivity index (χ3v) is 7.07. The van der Waals surface area contributed by atoms with E-state index in [0.717, 1.165) is 16.9 Å². The van der Waals surface area contributed by atoms with Crippen molar-refractivity contribution in [3.8, 4) is 5.75 Å². The van der Waals surface area contributed by atoms with Gasteiger partial charge in [-0.2, -0.15) is 8.42 Å². The summed E-state index contributed by atoms with van der Waals surface area (Å²) in [6, 6.07) is 7.01. The average molecular weight is 493 g/mol. The summed E-state index contributed by atoms with van der Waals surface area (Å²) < 4.78 is 35.2. The van der Waals surface area contributed by atoms with Crippen LogP contribution in [0.25, 0.3) is 0 Å². The second-order valence-corrected chi connectivity index (χ2v) is 10.1. The Balaban J connectivity index is 1.89. The number of aryl methyl sites for hydroxylation is 2. The smallest absolute Gasteiger partial charge is 0.282 e. The van der Waals surface area contributed by atoms with E-state index in [1.54, 1.807) is 32.6 Å². The van der Waals surface area contributed by atoms with Crippen molar-refractivity contribution in [3.63, 3.8) is 0 Å². The first-order valence-electron chi connectivity index (χ1n) is 10.2. The summed E-state index contributed by atoms with van der Waals surface area (Å²) in [6.07, 6.45) is 1.44. The minimum Gasteiger partial charge on any atom is -0.496 e. The van der Waals surface area contributed by atoms with Crippen LogP contribution in [0.4, 0.5) is 11.6 Å². The van der Waals surface area contributed by atoms with Gasteiger partial charge in [0.2, 0.25) is 0 Å². The van der Waals surface area contributed by atoms with Crippen LogP contribution in [-0.2, 0) is 22.8 Å². The molecule has 0 aliphatic carbocycles. The van der Waals surface area contributed by atoms with Crippen LogP contribution in [0.5, 0.6) is 5.75 Å². The summed E-state index contributed by atoms with van der Waals surface area (Å²) in [5.74, 6) is 2.42. The van der Waals surface area contributed by atoms with Crippen LogP contribution < -0.4 is 14.8 Å². The predicted octanol–water partition coefficient (Wildman–Crippen LogP) is 2.72. The zero-order valence-electron chi connectivity index (χ0n) is 19.2. The predicted molar refractivity (Wildman–Crippen MR) is 128 cm³/mol. The quantitative estimate of drug-likeness (QED) is 0.289. The van der Waals surface area contributed by atoms with Crippen molar-refractivity contribution in [1.82, 2.24) is 19.5 Å². The molecule has 0 unspecified atom stereocenters. The number of hydrogen-bond acceptors (Lipinski definition) is 9. The van der Waals surface area contributed by atoms with Gasteiger partial charge >= 0.3 is 0 Å². The van der Waals surface area contributed by atoms with E-state index in [1.165, 1.54) is 24.0 Å². The number of thioether (sulfide) groups is 1. The number of anilines is 2. The van der Waals surface area contributed by atoms with Crippen molar-refractivity contribution in [3.05, 3.63) is 47.4 Å². The summed E-state index contributed by atoms with van der Waals surface area (Å²) in [7, 11) is -0.592. The van der Waals surface area contributed by atoms with Crippen LogP contribution in [0.15, 0.2) is 40.6 Å². The normalized spacial score (nSPS) is 12.4. The van der Waals surface area contributed by atoms with Gasteiger partial charge < -0.3 is 19.7 Å². The largest absolute Gasteiger partial charge is 0.496 e. The van der Waals surface area contributed by atoms with Gasteiger partial charge in [-0.25, -0.2) is 15.0 Å². The highest BCUT2D eigenvalue weighted by atomic mass is 32.2. The van der Waals surface area contributed by atoms with Gasteiger partial charge in [-0.05, 0) is 38.0 Å². The minimum atomic E-state index is -3.94. The van der Waals surface area contributed by atoms with E-state index in [2.05, 4.69) is 25.0 Å². The molecule has 0 radical (unpaired) electrons. The zero-order chi connectivity index (χ0) is 24.2. The molecule has 1 atom stereocenters. The molecule has 0 spiro atoms. The van der Waals surface area contributed by atoms with Crippen molar-refractivity contribution in [2.24, 2.45) is 7.05 Å². The van der Waals surface area contributed by atoms with Crippen LogP contribution in [0.1, 0.15) is 23.9 Å². The van der Waals surface area contributed by atoms with E-state index < -0.39 is 10.0 Å². The fraction of sp³-hybridized carbons (Fsp3) is 0.381. The first-order chi connectivity index (χ1) is 15.6. The standard InChI is InChI=1S/C21H28N6O4S2/c1-13(11-28)22-18-9-19(26-33(29,30)20-10-27(4)15(3)23-20)25-21(24-18)32-12-16-7-6-8-17(31-5)14(16)2/h6-10,13,28H,11-12H2,1-5H3,(H2,22,24,25,26)/t13-/m1/s1. The van der Waals surface area contributed by atoms with E-state index in [-0.39, 0.29) is 23.5 Å². The van der Waals surface area contributed by atoms with Crippen molar-refractivity contribution < 1.29 is 18.3 Å². The highest BCUT2D eigenvalue weighted by Gasteiger charge is 2.20. The van der Waals surface area contributed by atoms with Crippen molar-refractivity contribution in [2.45, 2.75) is 42.7 Å². The number of aromatic nitrogens is 4. The van der Waals surface area contributed by atoms with Gasteiger partial charge in [0.1, 0.15) is 23.2 Å². The molecule has 1 aromatic carbocycles. The van der Waals surface area contributed by atoms with Crippen molar-refractivity contribution in [1.29, 1.82) is 0 Å². The zero-order valence-corrected chi connectivity index (χ0v) is 20.8. The van der Waals surface area contributed by atoms with Crippen LogP contribution in [0.2, 0.25) is 0 Å². The number of ether oxygens (including phenoxy) is 1. The third-order valence-electron chi connectivity index (χ3n) is 4.95. The number of benzene rings is 1. The average Bonchev–Trinajstić information content (AvgIpc) is 3.11. The lowest BCUT2D eigenvalue weighted by atomic mass is 10.1. The van der Waals surface area contributed by atoms with E-state index in [0.29, 0.717) is 22.6 Å². The molecule has 33 heavy (non-hydrogen) atoms. The van der Waals surface area contributed by atoms with Gasteiger partial charge in [-0.3, -0.25) is 4.72 Å². The lowest BCUT2D eigenvalue weighted by Gasteiger charge is -2.14. The molecule has 12 heteroatoms. The minimum absolute atomic E-state index is 0.0967. The van der Waals surface area contributed by atoms with Gasteiger partial charge in [0.15, 0.2) is 10.2 Å². The number of sulfonamides is 1. The Morgan fingerprint density at radius 1 is 1.21 bits per heavy atom. The van der Waals surface area contributed by atoms with Crippen LogP contribution in [0, 0.1) is 13.8 Å². The number of aliphatic hydroxyl groups is 1. The van der Waals surface area contributed by atoms with Gasteiger partial charge in [-0.1, -0.05) is 23.9 Å². The molecule has 3 rings (SSSR count). The molecule has 0 saturated carbocycles. The summed E-state index contributed by atoms with van der Waals surface area (Å²) in [6.45, 7) is 5.38. The van der Waals surface area contributed by atoms with Crippen molar-refractivity contribution >= 4 is 33.4 Å². The Bertz CT molecular complexity index is 1210. The molecule has 10 nitrogen and oxygen atoms in total. The van der Waals surface area contributed by atoms with E-state index in [4.69, 9.17) is 4.74 Å². The Morgan fingerprint density at radius 3 is 2.58 bits per heavy atom. The first kappa shape index (κ1) is 24.8. The van der Waals surface area contributed by atoms with Gasteiger partial charge in [0, 0.05) is 31.1 Å². The molecular weight excluding hydrogens is 464 g/mol. The molecule has 2 heterocycles. The topological polar surface area (TPSA) is 131 Å². The number of hydrogen-bond donors (Lipinski definition) is 3. The number of imidazole rings is 1. The highest BCUT2D eigenvalue weighted by molar-refractivity contribution is 7.98. The number of nitrogens with zero attached hydrogens (tertiary/aromatic N) is 4. The number of methoxy groups -OCH3 is 1. The molecule has 0 aliphatic rings. The van der Waals surface area contributed by atoms with Gasteiger partial charge in [0.25, 0.3) is 10.0 Å². The fourth-order valence-electron chi connectivity index (χ4n) is 2.94. The Morgan fingerprint density at radius 2 is 1.94 bits per heavy atom. The number of rotatable bonds is 10. The maximum Gasteiger partial charge on any atom is 0.282 e. The summed E-state index contributed by atoms with van der Waals surface area (Å²) >= 11 is 1.36. The lowest BCUT2D eigenvalue weighted by molar-refractivity contribution is 0.281. The number of nitrogens with one attached hydrogen (secondary N) is 2. The van der Waals surface area contributed by atoms with Crippen LogP contribution >= 0.6 is 11.8 Å². The van der Waals surface area contributed by atoms with Gasteiger partial charge in [0.05, 0.1) is 13.7 Å². The molecule has 178 valence electrons. The Hall–Kier alpha value is -2.83. The Labute approximate surface area is 197 Å². The SMILES string of the molecule is COc1cccc(CSc2nc(N[C@H](C)CO)cc(NS(=O)(=O)c3cn(C)c(C)n3)n2)c1C. The Kier molecular flexibility index (Phi) is 7.82. The fourth-order valence-corrected chi connectivity index (χ4v) is 4.90. The highest BCUT2D eigenvalue weighted by Crippen LogP contribution is 2.28. The molecule has 3 N–H and O–H groups in total. The second-order valence-electron chi connectivity index (χ2n) is 7.52. The molecule has 2 aromatic heterocycles. The molecule has 3 aromatic rings. The number of aliphatic hydroxyl groups excluding tert-OH is 1. The van der Waals surface area contributed by atoms with E-state index in [9.17, 15) is 13.5 Å². The molecule has 0 aliphatic heterocycles. The second kappa shape index (κ2) is 10.4.